The van der Waals surface area contributed by atoms with Crippen molar-refractivity contribution in [3.8, 4) is 0 Å². The molecule has 14 heavy (non-hydrogen) atoms. The van der Waals surface area contributed by atoms with Crippen molar-refractivity contribution in [2.75, 3.05) is 24.7 Å². The zero-order chi connectivity index (χ0) is 10.2. The Kier molecular flexibility index (Phi) is 6.65. The molecule has 3 heteroatoms. The maximum absolute atomic E-state index is 8.60. The summed E-state index contributed by atoms with van der Waals surface area (Å²) in [5.74, 6) is 3.21. The first-order valence-electron chi connectivity index (χ1n) is 5.75. The van der Waals surface area contributed by atoms with Crippen LogP contribution in [0.3, 0.4) is 0 Å². The second-order valence-corrected chi connectivity index (χ2v) is 5.48. The summed E-state index contributed by atoms with van der Waals surface area (Å²) in [6.07, 6.45) is 5.06. The number of hydrogen-bond donors (Lipinski definition) is 2. The number of aliphatic hydroxyl groups is 1. The summed E-state index contributed by atoms with van der Waals surface area (Å²) in [5, 5.41) is 12.2. The first kappa shape index (κ1) is 12.3. The lowest BCUT2D eigenvalue weighted by atomic mass is 10.1. The lowest BCUT2D eigenvalue weighted by Gasteiger charge is -2.11. The number of hydrogen-bond acceptors (Lipinski definition) is 3. The molecular formula is C11H23NOS. The normalized spacial score (nSPS) is 27.0. The molecule has 0 saturated heterocycles. The van der Waals surface area contributed by atoms with Gasteiger partial charge in [0.25, 0.3) is 0 Å². The fraction of sp³-hybridized carbons (Fsp3) is 1.00. The number of thioether (sulfide) groups is 1. The standard InChI is InChI=1S/C11H23NOS/c1-10-3-4-11(9-10)12-5-8-14-7-2-6-13/h10-13H,2-9H2,1H3. The number of rotatable bonds is 7. The Morgan fingerprint density at radius 1 is 1.36 bits per heavy atom. The summed E-state index contributed by atoms with van der Waals surface area (Å²) >= 11 is 1.94. The van der Waals surface area contributed by atoms with Crippen LogP contribution in [0.15, 0.2) is 0 Å². The second-order valence-electron chi connectivity index (χ2n) is 4.26. The van der Waals surface area contributed by atoms with Crippen molar-refractivity contribution in [3.63, 3.8) is 0 Å². The van der Waals surface area contributed by atoms with Gasteiger partial charge in [0.2, 0.25) is 0 Å². The Morgan fingerprint density at radius 3 is 2.86 bits per heavy atom. The van der Waals surface area contributed by atoms with E-state index in [1.165, 1.54) is 25.0 Å². The van der Waals surface area contributed by atoms with Gasteiger partial charge >= 0.3 is 0 Å². The van der Waals surface area contributed by atoms with E-state index in [9.17, 15) is 0 Å². The van der Waals surface area contributed by atoms with Crippen LogP contribution < -0.4 is 5.32 Å². The molecule has 0 radical (unpaired) electrons. The van der Waals surface area contributed by atoms with E-state index in [4.69, 9.17) is 5.11 Å². The molecule has 1 saturated carbocycles. The van der Waals surface area contributed by atoms with Gasteiger partial charge in [-0.05, 0) is 37.4 Å². The van der Waals surface area contributed by atoms with Gasteiger partial charge in [0, 0.05) is 24.9 Å². The highest BCUT2D eigenvalue weighted by molar-refractivity contribution is 7.99. The van der Waals surface area contributed by atoms with E-state index in [0.29, 0.717) is 6.61 Å². The molecule has 0 aromatic rings. The molecule has 0 heterocycles. The van der Waals surface area contributed by atoms with Crippen LogP contribution in [0.1, 0.15) is 32.6 Å². The van der Waals surface area contributed by atoms with Crippen LogP contribution in [0.25, 0.3) is 0 Å². The third-order valence-corrected chi connectivity index (χ3v) is 3.89. The van der Waals surface area contributed by atoms with Crippen LogP contribution in [0.5, 0.6) is 0 Å². The van der Waals surface area contributed by atoms with E-state index >= 15 is 0 Å². The molecule has 0 spiro atoms. The molecule has 1 rings (SSSR count). The summed E-state index contributed by atoms with van der Waals surface area (Å²) < 4.78 is 0. The van der Waals surface area contributed by atoms with Crippen LogP contribution in [0.2, 0.25) is 0 Å². The Morgan fingerprint density at radius 2 is 2.21 bits per heavy atom. The highest BCUT2D eigenvalue weighted by atomic mass is 32.2. The molecule has 84 valence electrons. The number of aliphatic hydroxyl groups excluding tert-OH is 1. The van der Waals surface area contributed by atoms with Crippen molar-refractivity contribution in [3.05, 3.63) is 0 Å². The largest absolute Gasteiger partial charge is 0.396 e. The van der Waals surface area contributed by atoms with E-state index in [0.717, 1.165) is 30.7 Å². The Bertz CT molecular complexity index is 143. The van der Waals surface area contributed by atoms with Gasteiger partial charge in [0.1, 0.15) is 0 Å². The summed E-state index contributed by atoms with van der Waals surface area (Å²) in [7, 11) is 0. The molecule has 2 N–H and O–H groups in total. The van der Waals surface area contributed by atoms with E-state index in [1.54, 1.807) is 0 Å². The first-order chi connectivity index (χ1) is 6.83. The Hall–Kier alpha value is 0.270. The minimum Gasteiger partial charge on any atom is -0.396 e. The van der Waals surface area contributed by atoms with Crippen LogP contribution in [-0.4, -0.2) is 35.8 Å². The van der Waals surface area contributed by atoms with E-state index in [1.807, 2.05) is 11.8 Å². The van der Waals surface area contributed by atoms with Gasteiger partial charge in [0.15, 0.2) is 0 Å². The van der Waals surface area contributed by atoms with Gasteiger partial charge in [-0.25, -0.2) is 0 Å². The smallest absolute Gasteiger partial charge is 0.0438 e. The van der Waals surface area contributed by atoms with Crippen molar-refractivity contribution in [2.45, 2.75) is 38.6 Å². The van der Waals surface area contributed by atoms with Gasteiger partial charge in [-0.1, -0.05) is 6.92 Å². The van der Waals surface area contributed by atoms with Crippen LogP contribution in [0.4, 0.5) is 0 Å². The second kappa shape index (κ2) is 7.55. The molecule has 0 aliphatic heterocycles. The van der Waals surface area contributed by atoms with E-state index in [2.05, 4.69) is 12.2 Å². The maximum atomic E-state index is 8.60. The average Bonchev–Trinajstić information content (AvgIpc) is 2.58. The zero-order valence-corrected chi connectivity index (χ0v) is 9.98. The highest BCUT2D eigenvalue weighted by Gasteiger charge is 2.19. The predicted octanol–water partition coefficient (Wildman–Crippen LogP) is 1.88. The number of nitrogens with one attached hydrogen (secondary N) is 1. The topological polar surface area (TPSA) is 32.3 Å². The van der Waals surface area contributed by atoms with Crippen molar-refractivity contribution in [1.29, 1.82) is 0 Å². The average molecular weight is 217 g/mol. The molecule has 0 bridgehead atoms. The molecule has 0 amide bonds. The molecule has 1 aliphatic carbocycles. The minimum absolute atomic E-state index is 0.334. The van der Waals surface area contributed by atoms with Crippen LogP contribution in [0, 0.1) is 5.92 Å². The SMILES string of the molecule is CC1CCC(NCCSCCCO)C1. The van der Waals surface area contributed by atoms with Gasteiger partial charge in [-0.3, -0.25) is 0 Å². The fourth-order valence-corrected chi connectivity index (χ4v) is 2.80. The quantitative estimate of drug-likeness (QED) is 0.639. The summed E-state index contributed by atoms with van der Waals surface area (Å²) in [6.45, 7) is 3.81. The molecule has 1 fully saturated rings. The third-order valence-electron chi connectivity index (χ3n) is 2.82. The Balaban J connectivity index is 1.84. The summed E-state index contributed by atoms with van der Waals surface area (Å²) in [5.41, 5.74) is 0. The summed E-state index contributed by atoms with van der Waals surface area (Å²) in [6, 6.07) is 0.781. The summed E-state index contributed by atoms with van der Waals surface area (Å²) in [4.78, 5) is 0. The fourth-order valence-electron chi connectivity index (χ4n) is 2.00. The first-order valence-corrected chi connectivity index (χ1v) is 6.90. The molecule has 1 aliphatic rings. The van der Waals surface area contributed by atoms with E-state index in [-0.39, 0.29) is 0 Å². The van der Waals surface area contributed by atoms with Crippen molar-refractivity contribution in [2.24, 2.45) is 5.92 Å². The lowest BCUT2D eigenvalue weighted by Crippen LogP contribution is -2.28. The monoisotopic (exact) mass is 217 g/mol. The Labute approximate surface area is 91.9 Å². The van der Waals surface area contributed by atoms with Gasteiger partial charge in [0.05, 0.1) is 0 Å². The zero-order valence-electron chi connectivity index (χ0n) is 9.17. The highest BCUT2D eigenvalue weighted by Crippen LogP contribution is 2.24. The molecular weight excluding hydrogens is 194 g/mol. The molecule has 2 unspecified atom stereocenters. The van der Waals surface area contributed by atoms with Crippen molar-refractivity contribution >= 4 is 11.8 Å². The molecule has 0 aromatic heterocycles. The molecule has 2 nitrogen and oxygen atoms in total. The van der Waals surface area contributed by atoms with Gasteiger partial charge < -0.3 is 10.4 Å². The van der Waals surface area contributed by atoms with Gasteiger partial charge in [-0.15, -0.1) is 0 Å². The maximum Gasteiger partial charge on any atom is 0.0438 e. The van der Waals surface area contributed by atoms with Gasteiger partial charge in [-0.2, -0.15) is 11.8 Å². The molecule has 2 atom stereocenters. The molecule has 0 aromatic carbocycles. The minimum atomic E-state index is 0.334. The van der Waals surface area contributed by atoms with Crippen molar-refractivity contribution in [1.82, 2.24) is 5.32 Å². The van der Waals surface area contributed by atoms with Crippen LogP contribution >= 0.6 is 11.8 Å². The van der Waals surface area contributed by atoms with E-state index < -0.39 is 0 Å². The third kappa shape index (κ3) is 5.23. The van der Waals surface area contributed by atoms with Crippen LogP contribution in [-0.2, 0) is 0 Å². The predicted molar refractivity (Wildman–Crippen MR) is 63.8 cm³/mol. The lowest BCUT2D eigenvalue weighted by molar-refractivity contribution is 0.296. The van der Waals surface area contributed by atoms with Crippen molar-refractivity contribution < 1.29 is 5.11 Å².